The predicted octanol–water partition coefficient (Wildman–Crippen LogP) is 2.85. The fraction of sp³-hybridized carbons (Fsp3) is 0.0667. The van der Waals surface area contributed by atoms with Gasteiger partial charge in [0.1, 0.15) is 11.9 Å². The second-order valence-corrected chi connectivity index (χ2v) is 4.26. The summed E-state index contributed by atoms with van der Waals surface area (Å²) in [6.07, 6.45) is 3.22. The lowest BCUT2D eigenvalue weighted by atomic mass is 10.0. The van der Waals surface area contributed by atoms with Crippen molar-refractivity contribution in [3.8, 4) is 0 Å². The van der Waals surface area contributed by atoms with Crippen LogP contribution in [0, 0.1) is 5.82 Å². The van der Waals surface area contributed by atoms with Crippen molar-refractivity contribution in [1.82, 2.24) is 9.97 Å². The molecule has 1 aromatic carbocycles. The van der Waals surface area contributed by atoms with E-state index in [9.17, 15) is 9.50 Å². The Morgan fingerprint density at radius 1 is 1.11 bits per heavy atom. The molecule has 2 heterocycles. The molecule has 19 heavy (non-hydrogen) atoms. The van der Waals surface area contributed by atoms with Crippen LogP contribution in [0.3, 0.4) is 0 Å². The summed E-state index contributed by atoms with van der Waals surface area (Å²) in [6, 6.07) is 10.7. The predicted molar refractivity (Wildman–Crippen MR) is 70.0 cm³/mol. The van der Waals surface area contributed by atoms with Crippen LogP contribution in [-0.4, -0.2) is 15.1 Å². The Hall–Kier alpha value is -2.33. The van der Waals surface area contributed by atoms with Gasteiger partial charge in [0.2, 0.25) is 0 Å². The van der Waals surface area contributed by atoms with Crippen LogP contribution in [0.25, 0.3) is 10.9 Å². The van der Waals surface area contributed by atoms with Gasteiger partial charge in [-0.1, -0.05) is 18.2 Å². The van der Waals surface area contributed by atoms with Gasteiger partial charge in [-0.3, -0.25) is 9.97 Å². The molecule has 0 aliphatic rings. The Balaban J connectivity index is 2.07. The van der Waals surface area contributed by atoms with Crippen LogP contribution in [-0.2, 0) is 0 Å². The number of benzene rings is 1. The average molecular weight is 254 g/mol. The Morgan fingerprint density at radius 3 is 2.84 bits per heavy atom. The molecule has 1 N–H and O–H groups in total. The van der Waals surface area contributed by atoms with E-state index in [4.69, 9.17) is 0 Å². The van der Waals surface area contributed by atoms with Crippen LogP contribution in [0.4, 0.5) is 4.39 Å². The normalized spacial score (nSPS) is 12.5. The van der Waals surface area contributed by atoms with Gasteiger partial charge in [-0.2, -0.15) is 0 Å². The summed E-state index contributed by atoms with van der Waals surface area (Å²) in [5.41, 5.74) is 1.59. The zero-order valence-corrected chi connectivity index (χ0v) is 9.99. The van der Waals surface area contributed by atoms with E-state index in [-0.39, 0.29) is 5.56 Å². The summed E-state index contributed by atoms with van der Waals surface area (Å²) in [5, 5.41) is 11.2. The highest BCUT2D eigenvalue weighted by Gasteiger charge is 2.15. The standard InChI is InChI=1S/C15H11FN2O/c16-13-9-17-7-5-12(13)15(19)11-4-3-10-2-1-6-18-14(10)8-11/h1-9,15,19H. The summed E-state index contributed by atoms with van der Waals surface area (Å²) >= 11 is 0. The van der Waals surface area contributed by atoms with Gasteiger partial charge in [0.15, 0.2) is 0 Å². The Labute approximate surface area is 109 Å². The molecule has 0 aliphatic heterocycles. The van der Waals surface area contributed by atoms with Gasteiger partial charge in [0, 0.05) is 23.3 Å². The highest BCUT2D eigenvalue weighted by molar-refractivity contribution is 5.79. The topological polar surface area (TPSA) is 46.0 Å². The summed E-state index contributed by atoms with van der Waals surface area (Å²) in [4.78, 5) is 7.90. The molecule has 3 nitrogen and oxygen atoms in total. The molecule has 0 amide bonds. The third kappa shape index (κ3) is 2.18. The molecule has 0 saturated carbocycles. The Morgan fingerprint density at radius 2 is 2.00 bits per heavy atom. The van der Waals surface area contributed by atoms with E-state index in [0.717, 1.165) is 17.1 Å². The number of fused-ring (bicyclic) bond motifs is 1. The largest absolute Gasteiger partial charge is 0.384 e. The maximum Gasteiger partial charge on any atom is 0.147 e. The smallest absolute Gasteiger partial charge is 0.147 e. The second-order valence-electron chi connectivity index (χ2n) is 4.26. The molecule has 0 saturated heterocycles. The van der Waals surface area contributed by atoms with Crippen molar-refractivity contribution in [2.75, 3.05) is 0 Å². The van der Waals surface area contributed by atoms with Crippen LogP contribution in [0.2, 0.25) is 0 Å². The third-order valence-corrected chi connectivity index (χ3v) is 3.04. The highest BCUT2D eigenvalue weighted by Crippen LogP contribution is 2.25. The first-order valence-electron chi connectivity index (χ1n) is 5.88. The summed E-state index contributed by atoms with van der Waals surface area (Å²) < 4.78 is 13.6. The molecule has 4 heteroatoms. The van der Waals surface area contributed by atoms with Crippen molar-refractivity contribution in [3.05, 3.63) is 71.9 Å². The lowest BCUT2D eigenvalue weighted by Gasteiger charge is -2.12. The fourth-order valence-electron chi connectivity index (χ4n) is 2.04. The molecule has 3 rings (SSSR count). The van der Waals surface area contributed by atoms with Gasteiger partial charge in [-0.05, 0) is 23.8 Å². The number of halogens is 1. The number of aromatic nitrogens is 2. The van der Waals surface area contributed by atoms with Crippen LogP contribution in [0.1, 0.15) is 17.2 Å². The first-order valence-corrected chi connectivity index (χ1v) is 5.88. The average Bonchev–Trinajstić information content (AvgIpc) is 2.46. The number of aliphatic hydroxyl groups excluding tert-OH is 1. The molecular formula is C15H11FN2O. The molecule has 0 aliphatic carbocycles. The minimum atomic E-state index is -1.02. The zero-order chi connectivity index (χ0) is 13.2. The van der Waals surface area contributed by atoms with Crippen molar-refractivity contribution in [2.45, 2.75) is 6.10 Å². The molecule has 2 aromatic heterocycles. The van der Waals surface area contributed by atoms with E-state index in [0.29, 0.717) is 5.56 Å². The van der Waals surface area contributed by atoms with E-state index in [1.807, 2.05) is 18.2 Å². The van der Waals surface area contributed by atoms with Crippen molar-refractivity contribution >= 4 is 10.9 Å². The SMILES string of the molecule is OC(c1ccc2cccnc2c1)c1ccncc1F. The molecule has 0 radical (unpaired) electrons. The van der Waals surface area contributed by atoms with Crippen molar-refractivity contribution in [3.63, 3.8) is 0 Å². The van der Waals surface area contributed by atoms with E-state index in [1.54, 1.807) is 18.3 Å². The summed E-state index contributed by atoms with van der Waals surface area (Å²) in [7, 11) is 0. The van der Waals surface area contributed by atoms with Gasteiger partial charge in [0.25, 0.3) is 0 Å². The summed E-state index contributed by atoms with van der Waals surface area (Å²) in [5.74, 6) is -0.517. The zero-order valence-electron chi connectivity index (χ0n) is 9.99. The molecule has 0 bridgehead atoms. The van der Waals surface area contributed by atoms with Crippen molar-refractivity contribution in [2.24, 2.45) is 0 Å². The molecular weight excluding hydrogens is 243 g/mol. The molecule has 3 aromatic rings. The van der Waals surface area contributed by atoms with Crippen LogP contribution >= 0.6 is 0 Å². The van der Waals surface area contributed by atoms with Crippen molar-refractivity contribution < 1.29 is 9.50 Å². The maximum atomic E-state index is 13.6. The quantitative estimate of drug-likeness (QED) is 0.764. The third-order valence-electron chi connectivity index (χ3n) is 3.04. The Kier molecular flexibility index (Phi) is 2.93. The molecule has 1 unspecified atom stereocenters. The van der Waals surface area contributed by atoms with Crippen molar-refractivity contribution in [1.29, 1.82) is 0 Å². The first kappa shape index (κ1) is 11.7. The van der Waals surface area contributed by atoms with Gasteiger partial charge >= 0.3 is 0 Å². The van der Waals surface area contributed by atoms with E-state index in [2.05, 4.69) is 9.97 Å². The van der Waals surface area contributed by atoms with Crippen LogP contribution in [0.5, 0.6) is 0 Å². The number of aliphatic hydroxyl groups is 1. The van der Waals surface area contributed by atoms with E-state index >= 15 is 0 Å². The number of pyridine rings is 2. The molecule has 0 fully saturated rings. The first-order chi connectivity index (χ1) is 9.25. The maximum absolute atomic E-state index is 13.6. The minimum absolute atomic E-state index is 0.213. The van der Waals surface area contributed by atoms with E-state index < -0.39 is 11.9 Å². The van der Waals surface area contributed by atoms with Gasteiger partial charge in [-0.15, -0.1) is 0 Å². The number of nitrogens with zero attached hydrogens (tertiary/aromatic N) is 2. The van der Waals surface area contributed by atoms with Gasteiger partial charge < -0.3 is 5.11 Å². The van der Waals surface area contributed by atoms with Gasteiger partial charge in [0.05, 0.1) is 11.7 Å². The van der Waals surface area contributed by atoms with Crippen LogP contribution < -0.4 is 0 Å². The lowest BCUT2D eigenvalue weighted by Crippen LogP contribution is -2.03. The van der Waals surface area contributed by atoms with Crippen LogP contribution in [0.15, 0.2) is 55.0 Å². The fourth-order valence-corrected chi connectivity index (χ4v) is 2.04. The molecule has 0 spiro atoms. The number of rotatable bonds is 2. The van der Waals surface area contributed by atoms with E-state index in [1.165, 1.54) is 12.3 Å². The lowest BCUT2D eigenvalue weighted by molar-refractivity contribution is 0.215. The molecule has 1 atom stereocenters. The minimum Gasteiger partial charge on any atom is -0.384 e. The molecule has 94 valence electrons. The number of hydrogen-bond donors (Lipinski definition) is 1. The second kappa shape index (κ2) is 4.74. The van der Waals surface area contributed by atoms with Gasteiger partial charge in [-0.25, -0.2) is 4.39 Å². The highest BCUT2D eigenvalue weighted by atomic mass is 19.1. The number of hydrogen-bond acceptors (Lipinski definition) is 3. The monoisotopic (exact) mass is 254 g/mol. The summed E-state index contributed by atoms with van der Waals surface area (Å²) in [6.45, 7) is 0. The Bertz CT molecular complexity index is 730.